The summed E-state index contributed by atoms with van der Waals surface area (Å²) in [5.74, 6) is 0.121. The Morgan fingerprint density at radius 3 is 2.59 bits per heavy atom. The minimum atomic E-state index is 0.121. The largest absolute Gasteiger partial charge is 0.384 e. The second-order valence-corrected chi connectivity index (χ2v) is 5.73. The Morgan fingerprint density at radius 1 is 1.14 bits per heavy atom. The summed E-state index contributed by atoms with van der Waals surface area (Å²) in [6, 6.07) is 15.7. The van der Waals surface area contributed by atoms with Crippen LogP contribution in [0.3, 0.4) is 0 Å². The van der Waals surface area contributed by atoms with Gasteiger partial charge in [0.25, 0.3) is 0 Å². The van der Waals surface area contributed by atoms with E-state index in [1.54, 1.807) is 4.90 Å². The molecule has 0 aromatic heterocycles. The number of halogens is 1. The molecule has 0 radical (unpaired) electrons. The number of hydrogen-bond acceptors (Lipinski definition) is 2. The summed E-state index contributed by atoms with van der Waals surface area (Å²) in [7, 11) is 1.83. The SMILES string of the molecule is Cc1c(Cl)cccc1NCCC(=O)N(C)Cc1ccccc1. The minimum absolute atomic E-state index is 0.121. The van der Waals surface area contributed by atoms with Crippen molar-refractivity contribution in [1.82, 2.24) is 4.90 Å². The van der Waals surface area contributed by atoms with Gasteiger partial charge in [-0.1, -0.05) is 48.0 Å². The minimum Gasteiger partial charge on any atom is -0.384 e. The molecule has 2 rings (SSSR count). The number of carbonyl (C=O) groups is 1. The van der Waals surface area contributed by atoms with E-state index in [4.69, 9.17) is 11.6 Å². The molecule has 0 heterocycles. The zero-order valence-corrected chi connectivity index (χ0v) is 13.7. The number of nitrogens with zero attached hydrogens (tertiary/aromatic N) is 1. The van der Waals surface area contributed by atoms with Crippen molar-refractivity contribution in [3.63, 3.8) is 0 Å². The van der Waals surface area contributed by atoms with Crippen LogP contribution < -0.4 is 5.32 Å². The normalized spacial score (nSPS) is 10.3. The Kier molecular flexibility index (Phi) is 5.84. The van der Waals surface area contributed by atoms with E-state index in [-0.39, 0.29) is 5.91 Å². The number of carbonyl (C=O) groups excluding carboxylic acids is 1. The first-order valence-electron chi connectivity index (χ1n) is 7.35. The summed E-state index contributed by atoms with van der Waals surface area (Å²) in [5, 5.41) is 4.01. The Morgan fingerprint density at radius 2 is 1.86 bits per heavy atom. The molecule has 0 atom stereocenters. The third kappa shape index (κ3) is 4.50. The van der Waals surface area contributed by atoms with E-state index >= 15 is 0 Å². The van der Waals surface area contributed by atoms with E-state index in [1.807, 2.05) is 62.5 Å². The van der Waals surface area contributed by atoms with Crippen molar-refractivity contribution in [2.24, 2.45) is 0 Å². The van der Waals surface area contributed by atoms with Gasteiger partial charge in [0.15, 0.2) is 0 Å². The maximum atomic E-state index is 12.1. The molecule has 0 unspecified atom stereocenters. The molecule has 0 aliphatic heterocycles. The van der Waals surface area contributed by atoms with Gasteiger partial charge in [0.05, 0.1) is 0 Å². The molecule has 1 N–H and O–H groups in total. The van der Waals surface area contributed by atoms with Gasteiger partial charge in [-0.2, -0.15) is 0 Å². The second-order valence-electron chi connectivity index (χ2n) is 5.32. The molecule has 3 nitrogen and oxygen atoms in total. The van der Waals surface area contributed by atoms with Crippen LogP contribution in [0.2, 0.25) is 5.02 Å². The van der Waals surface area contributed by atoms with Crippen LogP contribution in [0.25, 0.3) is 0 Å². The van der Waals surface area contributed by atoms with Gasteiger partial charge in [-0.25, -0.2) is 0 Å². The van der Waals surface area contributed by atoms with Crippen LogP contribution in [0.4, 0.5) is 5.69 Å². The van der Waals surface area contributed by atoms with Crippen molar-refractivity contribution in [3.05, 3.63) is 64.7 Å². The summed E-state index contributed by atoms with van der Waals surface area (Å²) in [6.45, 7) is 3.20. The molecular formula is C18H21ClN2O. The molecule has 2 aromatic rings. The first-order chi connectivity index (χ1) is 10.6. The Hall–Kier alpha value is -2.00. The fourth-order valence-corrected chi connectivity index (χ4v) is 2.41. The topological polar surface area (TPSA) is 32.3 Å². The Labute approximate surface area is 136 Å². The van der Waals surface area contributed by atoms with Crippen LogP contribution in [0.1, 0.15) is 17.5 Å². The number of rotatable bonds is 6. The monoisotopic (exact) mass is 316 g/mol. The van der Waals surface area contributed by atoms with Crippen molar-refractivity contribution < 1.29 is 4.79 Å². The fraction of sp³-hybridized carbons (Fsp3) is 0.278. The lowest BCUT2D eigenvalue weighted by Gasteiger charge is -2.18. The standard InChI is InChI=1S/C18H21ClN2O/c1-14-16(19)9-6-10-17(14)20-12-11-18(22)21(2)13-15-7-4-3-5-8-15/h3-10,20H,11-13H2,1-2H3. The quantitative estimate of drug-likeness (QED) is 0.870. The highest BCUT2D eigenvalue weighted by atomic mass is 35.5. The van der Waals surface area contributed by atoms with E-state index < -0.39 is 0 Å². The number of nitrogens with one attached hydrogen (secondary N) is 1. The maximum Gasteiger partial charge on any atom is 0.224 e. The molecule has 0 saturated heterocycles. The van der Waals surface area contributed by atoms with Gasteiger partial charge in [-0.05, 0) is 30.2 Å². The van der Waals surface area contributed by atoms with Crippen molar-refractivity contribution in [1.29, 1.82) is 0 Å². The van der Waals surface area contributed by atoms with Gasteiger partial charge in [0.1, 0.15) is 0 Å². The van der Waals surface area contributed by atoms with Crippen molar-refractivity contribution in [2.45, 2.75) is 19.9 Å². The van der Waals surface area contributed by atoms with Crippen LogP contribution in [0, 0.1) is 6.92 Å². The Bertz CT molecular complexity index is 628. The lowest BCUT2D eigenvalue weighted by molar-refractivity contribution is -0.130. The van der Waals surface area contributed by atoms with Gasteiger partial charge in [-0.3, -0.25) is 4.79 Å². The summed E-state index contributed by atoms with van der Waals surface area (Å²) < 4.78 is 0. The molecule has 0 bridgehead atoms. The number of hydrogen-bond donors (Lipinski definition) is 1. The highest BCUT2D eigenvalue weighted by Gasteiger charge is 2.09. The number of amides is 1. The summed E-state index contributed by atoms with van der Waals surface area (Å²) in [5.41, 5.74) is 3.12. The van der Waals surface area contributed by atoms with Gasteiger partial charge in [-0.15, -0.1) is 0 Å². The number of benzene rings is 2. The van der Waals surface area contributed by atoms with Crippen LogP contribution >= 0.6 is 11.6 Å². The molecule has 0 saturated carbocycles. The second kappa shape index (κ2) is 7.85. The van der Waals surface area contributed by atoms with Gasteiger partial charge < -0.3 is 10.2 Å². The smallest absolute Gasteiger partial charge is 0.224 e. The van der Waals surface area contributed by atoms with E-state index in [0.29, 0.717) is 19.5 Å². The van der Waals surface area contributed by atoms with Crippen molar-refractivity contribution >= 4 is 23.2 Å². The summed E-state index contributed by atoms with van der Waals surface area (Å²) in [4.78, 5) is 13.9. The zero-order valence-electron chi connectivity index (χ0n) is 13.0. The van der Waals surface area contributed by atoms with Crippen LogP contribution in [0.15, 0.2) is 48.5 Å². The molecular weight excluding hydrogens is 296 g/mol. The molecule has 0 spiro atoms. The predicted molar refractivity (Wildman–Crippen MR) is 92.2 cm³/mol. The average molecular weight is 317 g/mol. The van der Waals surface area contributed by atoms with E-state index in [2.05, 4.69) is 5.32 Å². The van der Waals surface area contributed by atoms with Crippen LogP contribution in [-0.2, 0) is 11.3 Å². The van der Waals surface area contributed by atoms with Gasteiger partial charge >= 0.3 is 0 Å². The first kappa shape index (κ1) is 16.4. The number of anilines is 1. The molecule has 2 aromatic carbocycles. The summed E-state index contributed by atoms with van der Waals surface area (Å²) >= 11 is 6.08. The molecule has 0 aliphatic carbocycles. The Balaban J connectivity index is 1.81. The maximum absolute atomic E-state index is 12.1. The van der Waals surface area contributed by atoms with Crippen LogP contribution in [-0.4, -0.2) is 24.4 Å². The third-order valence-corrected chi connectivity index (χ3v) is 4.02. The molecule has 22 heavy (non-hydrogen) atoms. The third-order valence-electron chi connectivity index (χ3n) is 3.61. The lowest BCUT2D eigenvalue weighted by atomic mass is 10.2. The molecule has 4 heteroatoms. The summed E-state index contributed by atoms with van der Waals surface area (Å²) in [6.07, 6.45) is 0.454. The first-order valence-corrected chi connectivity index (χ1v) is 7.72. The predicted octanol–water partition coefficient (Wildman–Crippen LogP) is 4.11. The highest BCUT2D eigenvalue weighted by Crippen LogP contribution is 2.22. The van der Waals surface area contributed by atoms with E-state index in [1.165, 1.54) is 0 Å². The molecule has 116 valence electrons. The van der Waals surface area contributed by atoms with Crippen molar-refractivity contribution in [2.75, 3.05) is 18.9 Å². The lowest BCUT2D eigenvalue weighted by Crippen LogP contribution is -2.27. The molecule has 0 fully saturated rings. The average Bonchev–Trinajstić information content (AvgIpc) is 2.52. The van der Waals surface area contributed by atoms with Crippen LogP contribution in [0.5, 0.6) is 0 Å². The molecule has 1 amide bonds. The van der Waals surface area contributed by atoms with E-state index in [0.717, 1.165) is 21.8 Å². The van der Waals surface area contributed by atoms with Gasteiger partial charge in [0, 0.05) is 37.3 Å². The molecule has 0 aliphatic rings. The fourth-order valence-electron chi connectivity index (χ4n) is 2.24. The zero-order chi connectivity index (χ0) is 15.9. The van der Waals surface area contributed by atoms with Crippen molar-refractivity contribution in [3.8, 4) is 0 Å². The van der Waals surface area contributed by atoms with Gasteiger partial charge in [0.2, 0.25) is 5.91 Å². The highest BCUT2D eigenvalue weighted by molar-refractivity contribution is 6.31. The van der Waals surface area contributed by atoms with E-state index in [9.17, 15) is 4.79 Å².